The number of hydrogen-bond acceptors (Lipinski definition) is 5. The molecule has 1 aromatic rings. The SMILES string of the molecule is COc1ccc2c(c1)N(CC(=O)[O-])C(=O)CO2. The Hall–Kier alpha value is -2.24. The summed E-state index contributed by atoms with van der Waals surface area (Å²) in [6.45, 7) is -0.672. The van der Waals surface area contributed by atoms with Gasteiger partial charge >= 0.3 is 0 Å². The first-order chi connectivity index (χ1) is 8.11. The van der Waals surface area contributed by atoms with Gasteiger partial charge in [0.05, 0.1) is 25.3 Å². The van der Waals surface area contributed by atoms with Crippen LogP contribution in [0.3, 0.4) is 0 Å². The number of rotatable bonds is 3. The van der Waals surface area contributed by atoms with Crippen LogP contribution in [-0.4, -0.2) is 32.1 Å². The van der Waals surface area contributed by atoms with Crippen LogP contribution in [0, 0.1) is 0 Å². The number of nitrogens with zero attached hydrogens (tertiary/aromatic N) is 1. The third-order valence-electron chi connectivity index (χ3n) is 2.40. The Morgan fingerprint density at radius 3 is 3.00 bits per heavy atom. The molecule has 1 aromatic carbocycles. The van der Waals surface area contributed by atoms with Gasteiger partial charge in [0.1, 0.15) is 11.5 Å². The van der Waals surface area contributed by atoms with Gasteiger partial charge < -0.3 is 24.3 Å². The summed E-state index contributed by atoms with van der Waals surface area (Å²) in [5, 5.41) is 10.6. The molecule has 0 unspecified atom stereocenters. The fourth-order valence-corrected chi connectivity index (χ4v) is 1.61. The monoisotopic (exact) mass is 236 g/mol. The number of carboxylic acids is 1. The van der Waals surface area contributed by atoms with E-state index in [2.05, 4.69) is 0 Å². The van der Waals surface area contributed by atoms with Crippen molar-refractivity contribution in [1.29, 1.82) is 0 Å². The van der Waals surface area contributed by atoms with Crippen LogP contribution < -0.4 is 19.5 Å². The number of fused-ring (bicyclic) bond motifs is 1. The molecule has 1 aliphatic rings. The molecule has 0 aliphatic carbocycles. The predicted octanol–water partition coefficient (Wildman–Crippen LogP) is -0.830. The molecule has 0 spiro atoms. The van der Waals surface area contributed by atoms with Gasteiger partial charge in [-0.1, -0.05) is 0 Å². The van der Waals surface area contributed by atoms with Crippen LogP contribution in [0.5, 0.6) is 11.5 Å². The fourth-order valence-electron chi connectivity index (χ4n) is 1.61. The van der Waals surface area contributed by atoms with Gasteiger partial charge in [-0.2, -0.15) is 0 Å². The second-order valence-electron chi connectivity index (χ2n) is 3.47. The van der Waals surface area contributed by atoms with Gasteiger partial charge in [-0.3, -0.25) is 4.79 Å². The Morgan fingerprint density at radius 1 is 1.59 bits per heavy atom. The van der Waals surface area contributed by atoms with E-state index in [0.29, 0.717) is 17.2 Å². The van der Waals surface area contributed by atoms with E-state index >= 15 is 0 Å². The molecule has 90 valence electrons. The smallest absolute Gasteiger partial charge is 0.265 e. The van der Waals surface area contributed by atoms with Gasteiger partial charge in [0.2, 0.25) is 0 Å². The molecule has 0 fully saturated rings. The van der Waals surface area contributed by atoms with E-state index in [9.17, 15) is 14.7 Å². The van der Waals surface area contributed by atoms with E-state index in [1.54, 1.807) is 18.2 Å². The number of carbonyl (C=O) groups is 2. The van der Waals surface area contributed by atoms with E-state index in [1.807, 2.05) is 0 Å². The molecule has 0 bridgehead atoms. The maximum atomic E-state index is 11.6. The van der Waals surface area contributed by atoms with Crippen molar-refractivity contribution in [3.8, 4) is 11.5 Å². The normalized spacial score (nSPS) is 13.9. The first-order valence-corrected chi connectivity index (χ1v) is 4.93. The standard InChI is InChI=1S/C11H11NO5/c1-16-7-2-3-9-8(4-7)12(5-11(14)15)10(13)6-17-9/h2-4H,5-6H2,1H3,(H,14,15)/p-1. The highest BCUT2D eigenvalue weighted by Gasteiger charge is 2.25. The van der Waals surface area contributed by atoms with Gasteiger partial charge in [-0.25, -0.2) is 0 Å². The Balaban J connectivity index is 2.41. The van der Waals surface area contributed by atoms with E-state index in [1.165, 1.54) is 7.11 Å². The number of aliphatic carboxylic acids is 1. The number of benzene rings is 1. The maximum absolute atomic E-state index is 11.6. The average molecular weight is 236 g/mol. The number of carbonyl (C=O) groups excluding carboxylic acids is 2. The summed E-state index contributed by atoms with van der Waals surface area (Å²) in [6, 6.07) is 4.85. The summed E-state index contributed by atoms with van der Waals surface area (Å²) in [6.07, 6.45) is 0. The number of hydrogen-bond donors (Lipinski definition) is 0. The van der Waals surface area contributed by atoms with Crippen LogP contribution in [0.4, 0.5) is 5.69 Å². The highest BCUT2D eigenvalue weighted by Crippen LogP contribution is 2.34. The quantitative estimate of drug-likeness (QED) is 0.684. The molecule has 0 atom stereocenters. The maximum Gasteiger partial charge on any atom is 0.265 e. The molecular formula is C11H10NO5-. The second kappa shape index (κ2) is 4.32. The highest BCUT2D eigenvalue weighted by molar-refractivity contribution is 6.01. The minimum absolute atomic E-state index is 0.174. The van der Waals surface area contributed by atoms with Gasteiger partial charge in [-0.15, -0.1) is 0 Å². The van der Waals surface area contributed by atoms with Crippen LogP contribution in [0.25, 0.3) is 0 Å². The Bertz CT molecular complexity index is 471. The molecule has 2 rings (SSSR count). The lowest BCUT2D eigenvalue weighted by Gasteiger charge is -2.29. The Morgan fingerprint density at radius 2 is 2.35 bits per heavy atom. The molecular weight excluding hydrogens is 226 g/mol. The largest absolute Gasteiger partial charge is 0.548 e. The number of carboxylic acid groups (broad SMARTS) is 1. The topological polar surface area (TPSA) is 78.9 Å². The zero-order valence-corrected chi connectivity index (χ0v) is 9.13. The number of amides is 1. The second-order valence-corrected chi connectivity index (χ2v) is 3.47. The first-order valence-electron chi connectivity index (χ1n) is 4.93. The minimum Gasteiger partial charge on any atom is -0.548 e. The molecule has 17 heavy (non-hydrogen) atoms. The van der Waals surface area contributed by atoms with Crippen LogP contribution in [0.2, 0.25) is 0 Å². The summed E-state index contributed by atoms with van der Waals surface area (Å²) in [5.41, 5.74) is 0.379. The molecule has 0 saturated heterocycles. The zero-order valence-electron chi connectivity index (χ0n) is 9.13. The van der Waals surface area contributed by atoms with Crippen molar-refractivity contribution in [1.82, 2.24) is 0 Å². The third-order valence-corrected chi connectivity index (χ3v) is 2.40. The predicted molar refractivity (Wildman–Crippen MR) is 55.8 cm³/mol. The zero-order chi connectivity index (χ0) is 12.4. The van der Waals surface area contributed by atoms with Crippen molar-refractivity contribution in [3.05, 3.63) is 18.2 Å². The van der Waals surface area contributed by atoms with Gasteiger partial charge in [0, 0.05) is 6.07 Å². The van der Waals surface area contributed by atoms with Gasteiger partial charge in [-0.05, 0) is 12.1 Å². The summed E-state index contributed by atoms with van der Waals surface area (Å²) in [4.78, 5) is 23.3. The average Bonchev–Trinajstić information content (AvgIpc) is 2.32. The number of ether oxygens (including phenoxy) is 2. The van der Waals surface area contributed by atoms with Crippen molar-refractivity contribution in [2.75, 3.05) is 25.2 Å². The molecule has 0 aromatic heterocycles. The van der Waals surface area contributed by atoms with Crippen LogP contribution in [0.15, 0.2) is 18.2 Å². The summed E-state index contributed by atoms with van der Waals surface area (Å²) in [5.74, 6) is -0.777. The first kappa shape index (κ1) is 11.3. The lowest BCUT2D eigenvalue weighted by molar-refractivity contribution is -0.303. The third kappa shape index (κ3) is 2.15. The van der Waals surface area contributed by atoms with E-state index in [0.717, 1.165) is 4.90 Å². The van der Waals surface area contributed by atoms with E-state index in [-0.39, 0.29) is 6.61 Å². The van der Waals surface area contributed by atoms with Crippen molar-refractivity contribution >= 4 is 17.6 Å². The van der Waals surface area contributed by atoms with Crippen molar-refractivity contribution < 1.29 is 24.2 Å². The van der Waals surface area contributed by atoms with E-state index < -0.39 is 18.4 Å². The fraction of sp³-hybridized carbons (Fsp3) is 0.273. The van der Waals surface area contributed by atoms with Crippen LogP contribution in [-0.2, 0) is 9.59 Å². The summed E-state index contributed by atoms with van der Waals surface area (Å²) < 4.78 is 10.2. The molecule has 0 saturated carbocycles. The lowest BCUT2D eigenvalue weighted by Crippen LogP contribution is -2.45. The summed E-state index contributed by atoms with van der Waals surface area (Å²) >= 11 is 0. The van der Waals surface area contributed by atoms with Crippen LogP contribution in [0.1, 0.15) is 0 Å². The summed E-state index contributed by atoms with van der Waals surface area (Å²) in [7, 11) is 1.48. The van der Waals surface area contributed by atoms with E-state index in [4.69, 9.17) is 9.47 Å². The molecule has 1 heterocycles. The molecule has 0 N–H and O–H groups in total. The van der Waals surface area contributed by atoms with Crippen LogP contribution >= 0.6 is 0 Å². The molecule has 6 nitrogen and oxygen atoms in total. The molecule has 0 radical (unpaired) electrons. The van der Waals surface area contributed by atoms with Crippen molar-refractivity contribution in [2.45, 2.75) is 0 Å². The Labute approximate surface area is 97.4 Å². The molecule has 1 amide bonds. The molecule has 6 heteroatoms. The van der Waals surface area contributed by atoms with Gasteiger partial charge in [0.25, 0.3) is 5.91 Å². The van der Waals surface area contributed by atoms with Crippen molar-refractivity contribution in [2.24, 2.45) is 0 Å². The lowest BCUT2D eigenvalue weighted by atomic mass is 10.2. The minimum atomic E-state index is -1.32. The van der Waals surface area contributed by atoms with Gasteiger partial charge in [0.15, 0.2) is 6.61 Å². The number of anilines is 1. The molecule has 1 aliphatic heterocycles. The Kier molecular flexibility index (Phi) is 2.86. The number of methoxy groups -OCH3 is 1. The van der Waals surface area contributed by atoms with Crippen molar-refractivity contribution in [3.63, 3.8) is 0 Å². The highest BCUT2D eigenvalue weighted by atomic mass is 16.5.